The molecule has 9 heteroatoms. The van der Waals surface area contributed by atoms with Crippen LogP contribution in [-0.4, -0.2) is 42.3 Å². The molecular formula is C60H132O4Si5. The van der Waals surface area contributed by atoms with Gasteiger partial charge in [0.2, 0.25) is 0 Å². The van der Waals surface area contributed by atoms with Gasteiger partial charge in [0.1, 0.15) is 0 Å². The van der Waals surface area contributed by atoms with Gasteiger partial charge in [0.25, 0.3) is 0 Å². The zero-order valence-electron chi connectivity index (χ0n) is 50.1. The van der Waals surface area contributed by atoms with Crippen molar-refractivity contribution < 1.29 is 16.5 Å². The van der Waals surface area contributed by atoms with E-state index in [0.29, 0.717) is 0 Å². The van der Waals surface area contributed by atoms with Gasteiger partial charge < -0.3 is 16.5 Å². The van der Waals surface area contributed by atoms with Crippen molar-refractivity contribution in [2.75, 3.05) is 0 Å². The minimum atomic E-state index is -2.89. The Morgan fingerprint density at radius 3 is 0.435 bits per heavy atom. The summed E-state index contributed by atoms with van der Waals surface area (Å²) in [5, 5.41) is 0. The highest BCUT2D eigenvalue weighted by Crippen LogP contribution is 2.45. The first-order valence-electron chi connectivity index (χ1n) is 32.4. The molecule has 0 spiro atoms. The van der Waals surface area contributed by atoms with E-state index in [1.807, 2.05) is 0 Å². The quantitative estimate of drug-likeness (QED) is 0.0449. The van der Waals surface area contributed by atoms with E-state index in [2.05, 4.69) is 83.1 Å². The summed E-state index contributed by atoms with van der Waals surface area (Å²) < 4.78 is 35.3. The monoisotopic (exact) mass is 1060 g/mol. The van der Waals surface area contributed by atoms with Crippen molar-refractivity contribution in [1.82, 2.24) is 0 Å². The van der Waals surface area contributed by atoms with Gasteiger partial charge in [-0.2, -0.15) is 0 Å². The molecule has 0 aromatic rings. The van der Waals surface area contributed by atoms with Gasteiger partial charge in [-0.25, -0.2) is 0 Å². The van der Waals surface area contributed by atoms with Crippen LogP contribution in [0.15, 0.2) is 0 Å². The van der Waals surface area contributed by atoms with Gasteiger partial charge in [-0.1, -0.05) is 314 Å². The first-order chi connectivity index (χ1) is 33.6. The molecule has 0 unspecified atom stereocenters. The van der Waals surface area contributed by atoms with Crippen LogP contribution in [0.4, 0.5) is 0 Å². The van der Waals surface area contributed by atoms with Crippen LogP contribution in [-0.2, 0) is 16.5 Å². The van der Waals surface area contributed by atoms with Crippen molar-refractivity contribution in [2.45, 2.75) is 387 Å². The molecule has 0 aliphatic carbocycles. The summed E-state index contributed by atoms with van der Waals surface area (Å²) in [6.45, 7) is 29.0. The standard InChI is InChI=1S/C60H132O4Si5/c1-13-25-37-49-65(50-38-26-14-2,51-39-27-15-3)61-67(55-43-31-19-7,56-44-32-20-8)63-69(59-47-35-23-11,60-48-36-24-12)64-68(57-45-33-21-9,58-46-34-22-10)62-66(52-40-28-16-4,53-41-29-17-5)54-42-30-18-6/h13-60H2,1-12H3. The number of rotatable bonds is 56. The molecule has 0 bridgehead atoms. The molecule has 0 radical (unpaired) electrons. The van der Waals surface area contributed by atoms with Crippen molar-refractivity contribution in [2.24, 2.45) is 0 Å². The third-order valence-electron chi connectivity index (χ3n) is 15.9. The van der Waals surface area contributed by atoms with Crippen molar-refractivity contribution in [3.63, 3.8) is 0 Å². The van der Waals surface area contributed by atoms with Crippen molar-refractivity contribution in [1.29, 1.82) is 0 Å². The third-order valence-corrected chi connectivity index (χ3v) is 42.6. The second-order valence-electron chi connectivity index (χ2n) is 23.0. The fourth-order valence-corrected chi connectivity index (χ4v) is 44.7. The van der Waals surface area contributed by atoms with Crippen LogP contribution in [0.25, 0.3) is 0 Å². The summed E-state index contributed by atoms with van der Waals surface area (Å²) >= 11 is 0. The molecule has 4 nitrogen and oxygen atoms in total. The van der Waals surface area contributed by atoms with Crippen LogP contribution in [0.3, 0.4) is 0 Å². The Morgan fingerprint density at radius 2 is 0.290 bits per heavy atom. The predicted octanol–water partition coefficient (Wildman–Crippen LogP) is 23.6. The van der Waals surface area contributed by atoms with Gasteiger partial charge in [-0.3, -0.25) is 0 Å². The summed E-state index contributed by atoms with van der Waals surface area (Å²) in [4.78, 5) is 0. The zero-order chi connectivity index (χ0) is 51.3. The van der Waals surface area contributed by atoms with Crippen molar-refractivity contribution in [3.8, 4) is 0 Å². The summed E-state index contributed by atoms with van der Waals surface area (Å²) in [6, 6.07) is 15.2. The van der Waals surface area contributed by atoms with Crippen LogP contribution in [0.2, 0.25) is 72.5 Å². The lowest BCUT2D eigenvalue weighted by molar-refractivity contribution is 0.258. The third kappa shape index (κ3) is 32.9. The molecule has 0 aromatic heterocycles. The van der Waals surface area contributed by atoms with E-state index in [0.717, 1.165) is 12.1 Å². The minimum Gasteiger partial charge on any atom is -0.436 e. The highest BCUT2D eigenvalue weighted by atomic mass is 28.5. The minimum absolute atomic E-state index is 1.16. The number of hydrogen-bond donors (Lipinski definition) is 0. The number of unbranched alkanes of at least 4 members (excludes halogenated alkanes) is 24. The molecule has 416 valence electrons. The molecule has 0 rings (SSSR count). The van der Waals surface area contributed by atoms with E-state index in [4.69, 9.17) is 16.5 Å². The molecule has 0 saturated heterocycles. The average molecular weight is 1060 g/mol. The maximum Gasteiger partial charge on any atom is 0.320 e. The largest absolute Gasteiger partial charge is 0.436 e. The Hall–Kier alpha value is 0.924. The fourth-order valence-electron chi connectivity index (χ4n) is 11.6. The van der Waals surface area contributed by atoms with E-state index < -0.39 is 42.3 Å². The molecule has 0 aromatic carbocycles. The van der Waals surface area contributed by atoms with E-state index in [9.17, 15) is 0 Å². The summed E-state index contributed by atoms with van der Waals surface area (Å²) in [5.41, 5.74) is 0. The maximum atomic E-state index is 8.90. The average Bonchev–Trinajstić information content (AvgIpc) is 3.32. The van der Waals surface area contributed by atoms with E-state index in [-0.39, 0.29) is 0 Å². The molecule has 0 N–H and O–H groups in total. The predicted molar refractivity (Wildman–Crippen MR) is 325 cm³/mol. The Bertz CT molecular complexity index is 925. The van der Waals surface area contributed by atoms with Crippen LogP contribution >= 0.6 is 0 Å². The first kappa shape index (κ1) is 69.9. The molecule has 0 atom stereocenters. The fraction of sp³-hybridized carbons (Fsp3) is 1.00. The highest BCUT2D eigenvalue weighted by Gasteiger charge is 2.57. The first-order valence-corrected chi connectivity index (χ1v) is 44.1. The SMILES string of the molecule is CCCCC[Si](CCCCC)(CCCCC)O[Si](CCCCC)(CCCCC)O[Si](CCCCC)(CCCCC)O[Si](CCCCC)(CCCCC)O[Si](CCCCC)(CCCCC)CCCCC. The number of hydrogen-bond acceptors (Lipinski definition) is 4. The van der Waals surface area contributed by atoms with Crippen LogP contribution in [0, 0.1) is 0 Å². The van der Waals surface area contributed by atoms with E-state index in [1.165, 1.54) is 292 Å². The smallest absolute Gasteiger partial charge is 0.320 e. The molecule has 0 heterocycles. The maximum absolute atomic E-state index is 8.90. The zero-order valence-corrected chi connectivity index (χ0v) is 55.1. The van der Waals surface area contributed by atoms with Gasteiger partial charge >= 0.3 is 25.7 Å². The summed E-state index contributed by atoms with van der Waals surface area (Å²) in [6.07, 6.45) is 46.8. The normalized spacial score (nSPS) is 13.0. The van der Waals surface area contributed by atoms with Crippen LogP contribution in [0.1, 0.15) is 314 Å². The Morgan fingerprint density at radius 1 is 0.159 bits per heavy atom. The lowest BCUT2D eigenvalue weighted by Gasteiger charge is -2.51. The van der Waals surface area contributed by atoms with Crippen molar-refractivity contribution in [3.05, 3.63) is 0 Å². The van der Waals surface area contributed by atoms with Gasteiger partial charge in [0.15, 0.2) is 16.6 Å². The second-order valence-corrected chi connectivity index (χ2v) is 42.5. The van der Waals surface area contributed by atoms with Crippen molar-refractivity contribution >= 4 is 42.3 Å². The van der Waals surface area contributed by atoms with E-state index >= 15 is 0 Å². The molecule has 0 saturated carbocycles. The Kier molecular flexibility index (Phi) is 46.9. The lowest BCUT2D eigenvalue weighted by Crippen LogP contribution is -2.65. The molecular weight excluding hydrogens is 925 g/mol. The molecule has 0 aliphatic heterocycles. The molecule has 0 amide bonds. The Labute approximate surface area is 443 Å². The molecule has 0 aliphatic rings. The second kappa shape index (κ2) is 46.2. The van der Waals surface area contributed by atoms with Crippen LogP contribution < -0.4 is 0 Å². The van der Waals surface area contributed by atoms with Crippen LogP contribution in [0.5, 0.6) is 0 Å². The topological polar surface area (TPSA) is 36.9 Å². The molecule has 0 fully saturated rings. The Balaban J connectivity index is 8.78. The summed E-state index contributed by atoms with van der Waals surface area (Å²) in [7, 11) is -12.8. The van der Waals surface area contributed by atoms with Gasteiger partial charge in [-0.15, -0.1) is 0 Å². The highest BCUT2D eigenvalue weighted by molar-refractivity contribution is 6.93. The van der Waals surface area contributed by atoms with E-state index in [1.54, 1.807) is 0 Å². The summed E-state index contributed by atoms with van der Waals surface area (Å²) in [5.74, 6) is 0. The van der Waals surface area contributed by atoms with Gasteiger partial charge in [0, 0.05) is 0 Å². The lowest BCUT2D eigenvalue weighted by atomic mass is 10.3. The molecule has 69 heavy (non-hydrogen) atoms. The van der Waals surface area contributed by atoms with Gasteiger partial charge in [0.05, 0.1) is 0 Å². The van der Waals surface area contributed by atoms with Gasteiger partial charge in [-0.05, 0) is 72.5 Å².